The quantitative estimate of drug-likeness (QED) is 0.150. The minimum Gasteiger partial charge on any atom is -0.481 e. The van der Waals surface area contributed by atoms with Crippen LogP contribution in [-0.2, 0) is 4.79 Å². The zero-order chi connectivity index (χ0) is 19.8. The molecule has 0 rings (SSSR count). The van der Waals surface area contributed by atoms with Gasteiger partial charge in [0.1, 0.15) is 0 Å². The Balaban J connectivity index is 3.00. The molecule has 0 fully saturated rings. The Morgan fingerprint density at radius 1 is 0.556 bits per heavy atom. The molecule has 0 amide bonds. The van der Waals surface area contributed by atoms with Crippen LogP contribution < -0.4 is 0 Å². The van der Waals surface area contributed by atoms with Crippen LogP contribution in [0.25, 0.3) is 0 Å². The molecule has 160 valence electrons. The molecular formula is C25H48O2. The predicted octanol–water partition coefficient (Wildman–Crippen LogP) is 8.84. The van der Waals surface area contributed by atoms with E-state index in [0.29, 0.717) is 6.42 Å². The van der Waals surface area contributed by atoms with Gasteiger partial charge in [-0.15, -0.1) is 0 Å². The van der Waals surface area contributed by atoms with Gasteiger partial charge < -0.3 is 5.11 Å². The Morgan fingerprint density at radius 2 is 0.852 bits per heavy atom. The number of hydrogen-bond donors (Lipinski definition) is 1. The Kier molecular flexibility index (Phi) is 22.6. The fraction of sp³-hybridized carbons (Fsp3) is 0.880. The van der Waals surface area contributed by atoms with E-state index in [2.05, 4.69) is 19.1 Å². The van der Waals surface area contributed by atoms with Crippen molar-refractivity contribution in [1.82, 2.24) is 0 Å². The molecule has 0 aliphatic carbocycles. The summed E-state index contributed by atoms with van der Waals surface area (Å²) in [7, 11) is 0. The van der Waals surface area contributed by atoms with E-state index in [4.69, 9.17) is 5.11 Å². The topological polar surface area (TPSA) is 37.3 Å². The number of rotatable bonds is 22. The van der Waals surface area contributed by atoms with E-state index in [1.165, 1.54) is 116 Å². The molecule has 0 aromatic rings. The number of carboxylic acid groups (broad SMARTS) is 1. The molecule has 0 spiro atoms. The van der Waals surface area contributed by atoms with Crippen LogP contribution >= 0.6 is 0 Å². The summed E-state index contributed by atoms with van der Waals surface area (Å²) < 4.78 is 0. The summed E-state index contributed by atoms with van der Waals surface area (Å²) >= 11 is 0. The van der Waals surface area contributed by atoms with Crippen molar-refractivity contribution in [3.63, 3.8) is 0 Å². The lowest BCUT2D eigenvalue weighted by Gasteiger charge is -2.04. The first-order valence-electron chi connectivity index (χ1n) is 12.1. The smallest absolute Gasteiger partial charge is 0.303 e. The molecule has 0 aromatic carbocycles. The molecule has 0 radical (unpaired) electrons. The summed E-state index contributed by atoms with van der Waals surface area (Å²) in [5.41, 5.74) is 0. The van der Waals surface area contributed by atoms with Crippen molar-refractivity contribution >= 4 is 5.97 Å². The lowest BCUT2D eigenvalue weighted by molar-refractivity contribution is -0.137. The average molecular weight is 381 g/mol. The van der Waals surface area contributed by atoms with E-state index in [-0.39, 0.29) is 0 Å². The average Bonchev–Trinajstić information content (AvgIpc) is 2.65. The van der Waals surface area contributed by atoms with Crippen LogP contribution in [0.3, 0.4) is 0 Å². The highest BCUT2D eigenvalue weighted by Crippen LogP contribution is 2.15. The Labute approximate surface area is 170 Å². The first-order valence-corrected chi connectivity index (χ1v) is 12.1. The van der Waals surface area contributed by atoms with E-state index in [1.54, 1.807) is 0 Å². The molecular weight excluding hydrogens is 332 g/mol. The van der Waals surface area contributed by atoms with Crippen LogP contribution in [0, 0.1) is 0 Å². The van der Waals surface area contributed by atoms with Crippen LogP contribution in [0.2, 0.25) is 0 Å². The van der Waals surface area contributed by atoms with Gasteiger partial charge in [0.15, 0.2) is 0 Å². The van der Waals surface area contributed by atoms with Gasteiger partial charge in [0.25, 0.3) is 0 Å². The fourth-order valence-corrected chi connectivity index (χ4v) is 3.71. The number of unbranched alkanes of at least 4 members (excludes halogenated alkanes) is 19. The summed E-state index contributed by atoms with van der Waals surface area (Å²) in [6, 6.07) is 0. The third-order valence-electron chi connectivity index (χ3n) is 5.50. The van der Waals surface area contributed by atoms with Gasteiger partial charge >= 0.3 is 5.97 Å². The highest BCUT2D eigenvalue weighted by atomic mass is 16.4. The zero-order valence-corrected chi connectivity index (χ0v) is 18.4. The molecule has 0 aromatic heterocycles. The maximum atomic E-state index is 10.4. The summed E-state index contributed by atoms with van der Waals surface area (Å²) in [6.07, 6.45) is 31.7. The van der Waals surface area contributed by atoms with Crippen molar-refractivity contribution < 1.29 is 9.90 Å². The largest absolute Gasteiger partial charge is 0.481 e. The molecule has 2 nitrogen and oxygen atoms in total. The number of aliphatic carboxylic acids is 1. The maximum Gasteiger partial charge on any atom is 0.303 e. The first kappa shape index (κ1) is 26.2. The van der Waals surface area contributed by atoms with E-state index >= 15 is 0 Å². The third-order valence-corrected chi connectivity index (χ3v) is 5.50. The molecule has 27 heavy (non-hydrogen) atoms. The highest BCUT2D eigenvalue weighted by Gasteiger charge is 1.97. The Morgan fingerprint density at radius 3 is 1.15 bits per heavy atom. The summed E-state index contributed by atoms with van der Waals surface area (Å²) in [6.45, 7) is 2.11. The minimum absolute atomic E-state index is 0.344. The second kappa shape index (κ2) is 23.2. The molecule has 0 atom stereocenters. The fourth-order valence-electron chi connectivity index (χ4n) is 3.71. The zero-order valence-electron chi connectivity index (χ0n) is 18.4. The van der Waals surface area contributed by atoms with Gasteiger partial charge in [-0.2, -0.15) is 0 Å². The van der Waals surface area contributed by atoms with Gasteiger partial charge in [0.05, 0.1) is 0 Å². The lowest BCUT2D eigenvalue weighted by atomic mass is 10.0. The number of allylic oxidation sites excluding steroid dienone is 2. The standard InChI is InChI=1S/C25H48O2/c1-2-3-4-5-6-7-8-9-10-11-12-13-14-15-16-17-18-19-20-21-22-23-24-25(26)27/h2-3H,4-24H2,1H3,(H,26,27). The van der Waals surface area contributed by atoms with Crippen molar-refractivity contribution in [3.8, 4) is 0 Å². The van der Waals surface area contributed by atoms with Gasteiger partial charge in [-0.25, -0.2) is 0 Å². The van der Waals surface area contributed by atoms with E-state index in [1.807, 2.05) is 0 Å². The van der Waals surface area contributed by atoms with Crippen molar-refractivity contribution in [2.75, 3.05) is 0 Å². The van der Waals surface area contributed by atoms with E-state index < -0.39 is 5.97 Å². The summed E-state index contributed by atoms with van der Waals surface area (Å²) in [5.74, 6) is -0.652. The second-order valence-corrected chi connectivity index (χ2v) is 8.22. The van der Waals surface area contributed by atoms with Crippen LogP contribution in [0.1, 0.15) is 142 Å². The minimum atomic E-state index is -0.652. The Hall–Kier alpha value is -0.790. The first-order chi connectivity index (χ1) is 13.3. The molecule has 2 heteroatoms. The monoisotopic (exact) mass is 380 g/mol. The molecule has 0 aliphatic rings. The molecule has 0 heterocycles. The van der Waals surface area contributed by atoms with Gasteiger partial charge in [0.2, 0.25) is 0 Å². The van der Waals surface area contributed by atoms with Gasteiger partial charge in [-0.05, 0) is 26.2 Å². The number of carbonyl (C=O) groups is 1. The molecule has 0 unspecified atom stereocenters. The van der Waals surface area contributed by atoms with Crippen LogP contribution in [-0.4, -0.2) is 11.1 Å². The molecule has 0 aliphatic heterocycles. The molecule has 1 N–H and O–H groups in total. The number of hydrogen-bond acceptors (Lipinski definition) is 1. The van der Waals surface area contributed by atoms with Crippen molar-refractivity contribution in [2.24, 2.45) is 0 Å². The van der Waals surface area contributed by atoms with Crippen molar-refractivity contribution in [3.05, 3.63) is 12.2 Å². The van der Waals surface area contributed by atoms with E-state index in [9.17, 15) is 4.79 Å². The van der Waals surface area contributed by atoms with Crippen molar-refractivity contribution in [1.29, 1.82) is 0 Å². The molecule has 0 saturated carbocycles. The van der Waals surface area contributed by atoms with Crippen LogP contribution in [0.4, 0.5) is 0 Å². The maximum absolute atomic E-state index is 10.4. The second-order valence-electron chi connectivity index (χ2n) is 8.22. The van der Waals surface area contributed by atoms with Gasteiger partial charge in [-0.1, -0.05) is 121 Å². The third kappa shape index (κ3) is 25.2. The summed E-state index contributed by atoms with van der Waals surface area (Å²) in [5, 5.41) is 8.58. The highest BCUT2D eigenvalue weighted by molar-refractivity contribution is 5.66. The van der Waals surface area contributed by atoms with E-state index in [0.717, 1.165) is 12.8 Å². The van der Waals surface area contributed by atoms with Gasteiger partial charge in [0, 0.05) is 6.42 Å². The molecule has 0 bridgehead atoms. The predicted molar refractivity (Wildman–Crippen MR) is 119 cm³/mol. The van der Waals surface area contributed by atoms with Gasteiger partial charge in [-0.3, -0.25) is 4.79 Å². The lowest BCUT2D eigenvalue weighted by Crippen LogP contribution is -1.93. The van der Waals surface area contributed by atoms with Crippen molar-refractivity contribution in [2.45, 2.75) is 142 Å². The number of carboxylic acids is 1. The molecule has 0 saturated heterocycles. The normalized spacial score (nSPS) is 11.4. The van der Waals surface area contributed by atoms with Crippen LogP contribution in [0.15, 0.2) is 12.2 Å². The van der Waals surface area contributed by atoms with Crippen LogP contribution in [0.5, 0.6) is 0 Å². The summed E-state index contributed by atoms with van der Waals surface area (Å²) in [4.78, 5) is 10.4. The Bertz CT molecular complexity index is 322. The SMILES string of the molecule is CC=CCCCCCCCCCCCCCCCCCCCCCC(=O)O.